The molecule has 0 radical (unpaired) electrons. The topological polar surface area (TPSA) is 92.6 Å². The standard InChI is InChI=1S/C22H23N3O4S/c1-15-9-10-20-18(13-15)25(17-7-4-5-8-19(17)29-20)16(2)14-22(3,30(26,27)28)21-23-11-6-12-24-21/h4-13,16H,14H2,1-3H3,(H,26,27,28). The minimum Gasteiger partial charge on any atom is -0.453 e. The van der Waals surface area contributed by atoms with Crippen molar-refractivity contribution in [1.82, 2.24) is 9.97 Å². The van der Waals surface area contributed by atoms with E-state index < -0.39 is 14.9 Å². The third kappa shape index (κ3) is 3.42. The summed E-state index contributed by atoms with van der Waals surface area (Å²) in [5.74, 6) is 1.44. The number of rotatable bonds is 5. The van der Waals surface area contributed by atoms with Crippen molar-refractivity contribution < 1.29 is 17.7 Å². The van der Waals surface area contributed by atoms with Crippen LogP contribution >= 0.6 is 0 Å². The highest BCUT2D eigenvalue weighted by molar-refractivity contribution is 7.86. The summed E-state index contributed by atoms with van der Waals surface area (Å²) in [6.45, 7) is 5.36. The molecule has 3 aromatic rings. The molecular formula is C22H23N3O4S. The van der Waals surface area contributed by atoms with Crippen LogP contribution in [0, 0.1) is 6.92 Å². The van der Waals surface area contributed by atoms with E-state index in [0.717, 1.165) is 16.9 Å². The van der Waals surface area contributed by atoms with Crippen molar-refractivity contribution in [2.45, 2.75) is 38.0 Å². The Labute approximate surface area is 176 Å². The van der Waals surface area contributed by atoms with Crippen LogP contribution in [0.15, 0.2) is 60.9 Å². The Morgan fingerprint density at radius 3 is 2.43 bits per heavy atom. The van der Waals surface area contributed by atoms with E-state index in [1.165, 1.54) is 19.3 Å². The third-order valence-corrected chi connectivity index (χ3v) is 6.94. The maximum atomic E-state index is 12.4. The average Bonchev–Trinajstić information content (AvgIpc) is 2.71. The van der Waals surface area contributed by atoms with Crippen LogP contribution in [0.4, 0.5) is 11.4 Å². The highest BCUT2D eigenvalue weighted by Crippen LogP contribution is 2.49. The predicted octanol–water partition coefficient (Wildman–Crippen LogP) is 4.61. The predicted molar refractivity (Wildman–Crippen MR) is 115 cm³/mol. The molecule has 1 aliphatic heterocycles. The smallest absolute Gasteiger partial charge is 0.277 e. The quantitative estimate of drug-likeness (QED) is 0.597. The first-order valence-electron chi connectivity index (χ1n) is 9.62. The summed E-state index contributed by atoms with van der Waals surface area (Å²) in [6, 6.07) is 14.8. The van der Waals surface area contributed by atoms with Gasteiger partial charge in [-0.05, 0) is 63.1 Å². The van der Waals surface area contributed by atoms with Crippen molar-refractivity contribution in [3.63, 3.8) is 0 Å². The van der Waals surface area contributed by atoms with Crippen LogP contribution in [-0.2, 0) is 14.9 Å². The molecule has 0 aliphatic carbocycles. The maximum absolute atomic E-state index is 12.4. The fourth-order valence-corrected chi connectivity index (χ4v) is 4.69. The molecule has 0 fully saturated rings. The van der Waals surface area contributed by atoms with Crippen molar-refractivity contribution in [3.05, 3.63) is 72.3 Å². The number of aromatic nitrogens is 2. The summed E-state index contributed by atoms with van der Waals surface area (Å²) in [7, 11) is -4.50. The zero-order valence-corrected chi connectivity index (χ0v) is 17.8. The highest BCUT2D eigenvalue weighted by Gasteiger charge is 2.45. The molecule has 2 atom stereocenters. The van der Waals surface area contributed by atoms with Crippen LogP contribution in [-0.4, -0.2) is 29.0 Å². The van der Waals surface area contributed by atoms with Gasteiger partial charge in [0.2, 0.25) is 0 Å². The van der Waals surface area contributed by atoms with Gasteiger partial charge in [0.25, 0.3) is 10.1 Å². The Balaban J connectivity index is 1.81. The number of nitrogens with zero attached hydrogens (tertiary/aromatic N) is 3. The van der Waals surface area contributed by atoms with Gasteiger partial charge in [0.05, 0.1) is 11.4 Å². The van der Waals surface area contributed by atoms with Gasteiger partial charge in [-0.2, -0.15) is 8.42 Å². The molecule has 0 saturated carbocycles. The number of aryl methyl sites for hydroxylation is 1. The van der Waals surface area contributed by atoms with E-state index in [1.807, 2.05) is 61.2 Å². The number of hydrogen-bond acceptors (Lipinski definition) is 6. The fourth-order valence-electron chi connectivity index (χ4n) is 3.91. The van der Waals surface area contributed by atoms with E-state index in [-0.39, 0.29) is 18.3 Å². The highest BCUT2D eigenvalue weighted by atomic mass is 32.2. The zero-order chi connectivity index (χ0) is 21.5. The average molecular weight is 426 g/mol. The second kappa shape index (κ2) is 7.37. The van der Waals surface area contributed by atoms with Gasteiger partial charge in [0, 0.05) is 18.4 Å². The Kier molecular flexibility index (Phi) is 4.99. The Morgan fingerprint density at radius 2 is 1.73 bits per heavy atom. The number of ether oxygens (including phenoxy) is 1. The monoisotopic (exact) mass is 425 g/mol. The Bertz CT molecular complexity index is 1180. The Hall–Kier alpha value is -2.97. The van der Waals surface area contributed by atoms with Gasteiger partial charge in [-0.15, -0.1) is 0 Å². The van der Waals surface area contributed by atoms with Gasteiger partial charge < -0.3 is 9.64 Å². The molecule has 2 heterocycles. The van der Waals surface area contributed by atoms with Gasteiger partial charge >= 0.3 is 0 Å². The van der Waals surface area contributed by atoms with Gasteiger partial charge in [0.15, 0.2) is 22.1 Å². The van der Waals surface area contributed by atoms with Gasteiger partial charge in [-0.1, -0.05) is 18.2 Å². The van der Waals surface area contributed by atoms with E-state index in [4.69, 9.17) is 4.74 Å². The minimum absolute atomic E-state index is 0.0605. The SMILES string of the molecule is Cc1ccc2c(c1)N(C(C)CC(C)(c1ncccn1)S(=O)(=O)O)c1ccccc1O2. The first kappa shape index (κ1) is 20.3. The number of fused-ring (bicyclic) bond motifs is 2. The lowest BCUT2D eigenvalue weighted by atomic mass is 9.97. The largest absolute Gasteiger partial charge is 0.453 e. The van der Waals surface area contributed by atoms with Crippen molar-refractivity contribution in [2.24, 2.45) is 0 Å². The lowest BCUT2D eigenvalue weighted by molar-refractivity contribution is 0.396. The van der Waals surface area contributed by atoms with E-state index in [9.17, 15) is 13.0 Å². The molecule has 4 rings (SSSR count). The molecule has 7 nitrogen and oxygen atoms in total. The van der Waals surface area contributed by atoms with Crippen LogP contribution in [0.3, 0.4) is 0 Å². The molecule has 1 N–H and O–H groups in total. The van der Waals surface area contributed by atoms with Crippen molar-refractivity contribution in [2.75, 3.05) is 4.90 Å². The van der Waals surface area contributed by atoms with Gasteiger partial charge in [-0.3, -0.25) is 4.55 Å². The fraction of sp³-hybridized carbons (Fsp3) is 0.273. The minimum atomic E-state index is -4.50. The van der Waals surface area contributed by atoms with Crippen LogP contribution < -0.4 is 9.64 Å². The lowest BCUT2D eigenvalue weighted by Crippen LogP contribution is -2.42. The van der Waals surface area contributed by atoms with E-state index >= 15 is 0 Å². The summed E-state index contributed by atoms with van der Waals surface area (Å²) in [5.41, 5.74) is 2.72. The molecule has 8 heteroatoms. The van der Waals surface area contributed by atoms with Gasteiger partial charge in [0.1, 0.15) is 0 Å². The molecule has 0 spiro atoms. The molecule has 2 unspecified atom stereocenters. The van der Waals surface area contributed by atoms with Crippen LogP contribution in [0.5, 0.6) is 11.5 Å². The number of para-hydroxylation sites is 2. The number of hydrogen-bond donors (Lipinski definition) is 1. The first-order chi connectivity index (χ1) is 14.2. The third-order valence-electron chi connectivity index (χ3n) is 5.45. The summed E-state index contributed by atoms with van der Waals surface area (Å²) in [4.78, 5) is 10.3. The second-order valence-electron chi connectivity index (χ2n) is 7.74. The van der Waals surface area contributed by atoms with Gasteiger partial charge in [-0.25, -0.2) is 9.97 Å². The molecule has 156 valence electrons. The molecule has 0 amide bonds. The summed E-state index contributed by atoms with van der Waals surface area (Å²) < 4.78 is 39.4. The first-order valence-corrected chi connectivity index (χ1v) is 11.1. The number of anilines is 2. The molecule has 30 heavy (non-hydrogen) atoms. The molecule has 1 aliphatic rings. The van der Waals surface area contributed by atoms with Crippen molar-refractivity contribution >= 4 is 21.5 Å². The van der Waals surface area contributed by atoms with Crippen LogP contribution in [0.25, 0.3) is 0 Å². The second-order valence-corrected chi connectivity index (χ2v) is 9.59. The molecular weight excluding hydrogens is 402 g/mol. The van der Waals surface area contributed by atoms with E-state index in [1.54, 1.807) is 6.07 Å². The summed E-state index contributed by atoms with van der Waals surface area (Å²) >= 11 is 0. The summed E-state index contributed by atoms with van der Waals surface area (Å²) in [6.07, 6.45) is 3.01. The van der Waals surface area contributed by atoms with E-state index in [2.05, 4.69) is 9.97 Å². The molecule has 0 saturated heterocycles. The lowest BCUT2D eigenvalue weighted by Gasteiger charge is -2.39. The number of benzene rings is 2. The van der Waals surface area contributed by atoms with Crippen LogP contribution in [0.1, 0.15) is 31.7 Å². The van der Waals surface area contributed by atoms with E-state index in [0.29, 0.717) is 11.5 Å². The normalized spacial score (nSPS) is 16.1. The maximum Gasteiger partial charge on any atom is 0.277 e. The molecule has 0 bridgehead atoms. The zero-order valence-electron chi connectivity index (χ0n) is 17.0. The van der Waals surface area contributed by atoms with Crippen molar-refractivity contribution in [3.8, 4) is 11.5 Å². The summed E-state index contributed by atoms with van der Waals surface area (Å²) in [5, 5.41) is 0. The van der Waals surface area contributed by atoms with Crippen molar-refractivity contribution in [1.29, 1.82) is 0 Å². The molecule has 2 aromatic carbocycles. The molecule has 1 aromatic heterocycles. The van der Waals surface area contributed by atoms with Crippen LogP contribution in [0.2, 0.25) is 0 Å². The Morgan fingerprint density at radius 1 is 1.07 bits per heavy atom.